The minimum atomic E-state index is 0.696. The van der Waals surface area contributed by atoms with Gasteiger partial charge in [-0.15, -0.1) is 11.8 Å². The summed E-state index contributed by atoms with van der Waals surface area (Å²) in [7, 11) is 0. The molecule has 0 fully saturated rings. The molecule has 0 amide bonds. The number of hydrogen-bond acceptors (Lipinski definition) is 3. The largest absolute Gasteiger partial charge is 0.291 e. The number of pyridine rings is 1. The molecule has 2 aromatic heterocycles. The standard InChI is InChI=1S/C21H15N3S/c1-25-20-15-11-10-13-6-2-3-7-14(13)19(15)24-18-9-5-4-8-17(18)23-21(24)16(20)12-22/h2-9H,10-11H2,1H3. The van der Waals surface area contributed by atoms with E-state index in [1.165, 1.54) is 22.4 Å². The van der Waals surface area contributed by atoms with Gasteiger partial charge in [0.15, 0.2) is 5.65 Å². The number of benzene rings is 2. The highest BCUT2D eigenvalue weighted by Crippen LogP contribution is 2.42. The third-order valence-corrected chi connectivity index (χ3v) is 5.89. The molecule has 0 spiro atoms. The van der Waals surface area contributed by atoms with Gasteiger partial charge < -0.3 is 0 Å². The second-order valence-electron chi connectivity index (χ2n) is 6.26. The van der Waals surface area contributed by atoms with Crippen LogP contribution in [-0.4, -0.2) is 15.6 Å². The molecule has 0 saturated carbocycles. The second kappa shape index (κ2) is 5.37. The lowest BCUT2D eigenvalue weighted by Crippen LogP contribution is -2.11. The Bertz CT molecular complexity index is 1200. The first kappa shape index (κ1) is 14.6. The SMILES string of the molecule is CSc1c2c(n3c(nc4ccccc43)c1C#N)-c1ccccc1CC2. The van der Waals surface area contributed by atoms with Crippen LogP contribution in [0.4, 0.5) is 0 Å². The van der Waals surface area contributed by atoms with Crippen LogP contribution in [0.15, 0.2) is 53.4 Å². The number of fused-ring (bicyclic) bond motifs is 7. The smallest absolute Gasteiger partial charge is 0.157 e. The summed E-state index contributed by atoms with van der Waals surface area (Å²) in [6, 6.07) is 19.2. The Kier molecular flexibility index (Phi) is 3.13. The average Bonchev–Trinajstić information content (AvgIpc) is 3.05. The highest BCUT2D eigenvalue weighted by atomic mass is 32.2. The molecule has 0 aliphatic heterocycles. The van der Waals surface area contributed by atoms with E-state index in [1.807, 2.05) is 18.2 Å². The minimum Gasteiger partial charge on any atom is -0.291 e. The van der Waals surface area contributed by atoms with Gasteiger partial charge in [-0.1, -0.05) is 36.4 Å². The summed E-state index contributed by atoms with van der Waals surface area (Å²) in [5, 5.41) is 9.85. The molecule has 0 radical (unpaired) electrons. The van der Waals surface area contributed by atoms with Crippen molar-refractivity contribution in [2.45, 2.75) is 17.7 Å². The van der Waals surface area contributed by atoms with Gasteiger partial charge in [0.05, 0.1) is 16.7 Å². The Hall–Kier alpha value is -2.77. The van der Waals surface area contributed by atoms with Gasteiger partial charge in [0.1, 0.15) is 11.6 Å². The predicted octanol–water partition coefficient (Wildman–Crippen LogP) is 4.85. The van der Waals surface area contributed by atoms with Crippen LogP contribution in [-0.2, 0) is 12.8 Å². The minimum absolute atomic E-state index is 0.696. The maximum atomic E-state index is 9.85. The van der Waals surface area contributed by atoms with Crippen LogP contribution in [0.3, 0.4) is 0 Å². The van der Waals surface area contributed by atoms with E-state index in [0.29, 0.717) is 5.56 Å². The number of aryl methyl sites for hydroxylation is 1. The Morgan fingerprint density at radius 2 is 1.88 bits per heavy atom. The quantitative estimate of drug-likeness (QED) is 0.465. The number of rotatable bonds is 1. The summed E-state index contributed by atoms with van der Waals surface area (Å²) in [6.07, 6.45) is 4.02. The summed E-state index contributed by atoms with van der Waals surface area (Å²) in [4.78, 5) is 5.88. The monoisotopic (exact) mass is 341 g/mol. The number of thioether (sulfide) groups is 1. The second-order valence-corrected chi connectivity index (χ2v) is 7.08. The van der Waals surface area contributed by atoms with Crippen molar-refractivity contribution >= 4 is 28.4 Å². The fourth-order valence-corrected chi connectivity index (χ4v) is 4.77. The lowest BCUT2D eigenvalue weighted by Gasteiger charge is -2.24. The highest BCUT2D eigenvalue weighted by molar-refractivity contribution is 7.98. The first-order valence-electron chi connectivity index (χ1n) is 8.32. The van der Waals surface area contributed by atoms with E-state index < -0.39 is 0 Å². The normalized spacial score (nSPS) is 12.8. The molecule has 0 atom stereocenters. The highest BCUT2D eigenvalue weighted by Gasteiger charge is 2.26. The Morgan fingerprint density at radius 1 is 1.08 bits per heavy atom. The van der Waals surface area contributed by atoms with Gasteiger partial charge in [-0.05, 0) is 42.4 Å². The molecule has 0 bridgehead atoms. The van der Waals surface area contributed by atoms with Crippen molar-refractivity contribution in [3.63, 3.8) is 0 Å². The Morgan fingerprint density at radius 3 is 2.72 bits per heavy atom. The molecule has 2 aromatic carbocycles. The van der Waals surface area contributed by atoms with Gasteiger partial charge in [-0.25, -0.2) is 4.98 Å². The molecule has 3 nitrogen and oxygen atoms in total. The zero-order valence-corrected chi connectivity index (χ0v) is 14.6. The topological polar surface area (TPSA) is 41.1 Å². The molecular formula is C21H15N3S. The van der Waals surface area contributed by atoms with Crippen molar-refractivity contribution in [2.75, 3.05) is 6.26 Å². The molecule has 1 aliphatic rings. The summed E-state index contributed by atoms with van der Waals surface area (Å²) >= 11 is 1.66. The maximum Gasteiger partial charge on any atom is 0.157 e. The number of nitrogens with zero attached hydrogens (tertiary/aromatic N) is 3. The van der Waals surface area contributed by atoms with Crippen LogP contribution in [0.1, 0.15) is 16.7 Å². The zero-order valence-electron chi connectivity index (χ0n) is 13.8. The van der Waals surface area contributed by atoms with Crippen molar-refractivity contribution in [1.29, 1.82) is 5.26 Å². The molecule has 0 N–H and O–H groups in total. The van der Waals surface area contributed by atoms with Gasteiger partial charge in [0.25, 0.3) is 0 Å². The number of nitriles is 1. The molecule has 0 saturated heterocycles. The van der Waals surface area contributed by atoms with E-state index in [9.17, 15) is 5.26 Å². The number of aromatic nitrogens is 2. The Labute approximate surface area is 149 Å². The molecule has 120 valence electrons. The average molecular weight is 341 g/mol. The lowest BCUT2D eigenvalue weighted by atomic mass is 9.88. The van der Waals surface area contributed by atoms with Gasteiger partial charge in [0, 0.05) is 10.5 Å². The lowest BCUT2D eigenvalue weighted by molar-refractivity contribution is 0.893. The molecular weight excluding hydrogens is 326 g/mol. The number of para-hydroxylation sites is 2. The van der Waals surface area contributed by atoms with Gasteiger partial charge in [-0.3, -0.25) is 4.40 Å². The first-order valence-corrected chi connectivity index (χ1v) is 9.54. The van der Waals surface area contributed by atoms with E-state index in [-0.39, 0.29) is 0 Å². The van der Waals surface area contributed by atoms with Crippen LogP contribution in [0.25, 0.3) is 27.9 Å². The van der Waals surface area contributed by atoms with E-state index in [4.69, 9.17) is 4.98 Å². The Balaban J connectivity index is 2.08. The van der Waals surface area contributed by atoms with Crippen LogP contribution < -0.4 is 0 Å². The maximum absolute atomic E-state index is 9.85. The molecule has 4 heteroatoms. The van der Waals surface area contributed by atoms with Crippen LogP contribution in [0, 0.1) is 11.3 Å². The van der Waals surface area contributed by atoms with Gasteiger partial charge >= 0.3 is 0 Å². The van der Waals surface area contributed by atoms with Crippen LogP contribution in [0.5, 0.6) is 0 Å². The molecule has 2 heterocycles. The number of hydrogen-bond donors (Lipinski definition) is 0. The zero-order chi connectivity index (χ0) is 17.0. The van der Waals surface area contributed by atoms with Crippen molar-refractivity contribution < 1.29 is 0 Å². The summed E-state index contributed by atoms with van der Waals surface area (Å²) in [6.45, 7) is 0. The van der Waals surface area contributed by atoms with E-state index >= 15 is 0 Å². The molecule has 25 heavy (non-hydrogen) atoms. The fourth-order valence-electron chi connectivity index (χ4n) is 3.98. The predicted molar refractivity (Wildman–Crippen MR) is 102 cm³/mol. The van der Waals surface area contributed by atoms with E-state index in [2.05, 4.69) is 47.1 Å². The molecule has 1 aliphatic carbocycles. The fraction of sp³-hybridized carbons (Fsp3) is 0.143. The summed E-state index contributed by atoms with van der Waals surface area (Å²) in [5.41, 5.74) is 8.57. The van der Waals surface area contributed by atoms with Gasteiger partial charge in [0.2, 0.25) is 0 Å². The van der Waals surface area contributed by atoms with Crippen molar-refractivity contribution in [1.82, 2.24) is 9.38 Å². The summed E-state index contributed by atoms with van der Waals surface area (Å²) in [5.74, 6) is 0. The van der Waals surface area contributed by atoms with Crippen molar-refractivity contribution in [3.8, 4) is 17.3 Å². The number of imidazole rings is 1. The molecule has 4 aromatic rings. The van der Waals surface area contributed by atoms with E-state index in [0.717, 1.165) is 34.4 Å². The molecule has 0 unspecified atom stereocenters. The third-order valence-electron chi connectivity index (χ3n) is 5.03. The van der Waals surface area contributed by atoms with Crippen molar-refractivity contribution in [2.24, 2.45) is 0 Å². The summed E-state index contributed by atoms with van der Waals surface area (Å²) < 4.78 is 2.20. The third kappa shape index (κ3) is 1.90. The van der Waals surface area contributed by atoms with Crippen LogP contribution in [0.2, 0.25) is 0 Å². The van der Waals surface area contributed by atoms with Gasteiger partial charge in [-0.2, -0.15) is 5.26 Å². The first-order chi connectivity index (χ1) is 12.3. The van der Waals surface area contributed by atoms with Crippen molar-refractivity contribution in [3.05, 3.63) is 65.2 Å². The molecule has 5 rings (SSSR count). The van der Waals surface area contributed by atoms with E-state index in [1.54, 1.807) is 11.8 Å². The van der Waals surface area contributed by atoms with Crippen LogP contribution >= 0.6 is 11.8 Å².